The summed E-state index contributed by atoms with van der Waals surface area (Å²) < 4.78 is 2.16. The number of nitrogens with zero attached hydrogens (tertiary/aromatic N) is 2. The van der Waals surface area contributed by atoms with Crippen molar-refractivity contribution in [1.29, 1.82) is 0 Å². The molecule has 0 aliphatic heterocycles. The van der Waals surface area contributed by atoms with Crippen LogP contribution < -0.4 is 5.32 Å². The Morgan fingerprint density at radius 2 is 2.05 bits per heavy atom. The van der Waals surface area contributed by atoms with E-state index in [1.165, 1.54) is 44.2 Å². The lowest BCUT2D eigenvalue weighted by Crippen LogP contribution is -2.30. The normalized spacial score (nSPS) is 16.8. The third kappa shape index (κ3) is 4.34. The van der Waals surface area contributed by atoms with E-state index < -0.39 is 0 Å². The van der Waals surface area contributed by atoms with Crippen LogP contribution in [0.5, 0.6) is 0 Å². The van der Waals surface area contributed by atoms with Gasteiger partial charge in [0.05, 0.1) is 11.7 Å². The molecule has 3 heteroatoms. The molecule has 1 atom stereocenters. The van der Waals surface area contributed by atoms with Gasteiger partial charge in [-0.05, 0) is 63.5 Å². The average molecular weight is 277 g/mol. The second-order valence-electron chi connectivity index (χ2n) is 6.15. The van der Waals surface area contributed by atoms with Crippen molar-refractivity contribution < 1.29 is 0 Å². The summed E-state index contributed by atoms with van der Waals surface area (Å²) in [6.07, 6.45) is 11.0. The average Bonchev–Trinajstić information content (AvgIpc) is 3.20. The van der Waals surface area contributed by atoms with Crippen molar-refractivity contribution >= 4 is 0 Å². The van der Waals surface area contributed by atoms with Crippen LogP contribution in [0.25, 0.3) is 0 Å². The molecule has 0 aromatic carbocycles. The van der Waals surface area contributed by atoms with Crippen LogP contribution in [-0.4, -0.2) is 22.4 Å². The van der Waals surface area contributed by atoms with Crippen LogP contribution in [0.1, 0.15) is 71.0 Å². The number of aryl methyl sites for hydroxylation is 1. The summed E-state index contributed by atoms with van der Waals surface area (Å²) in [6.45, 7) is 7.80. The first-order valence-electron chi connectivity index (χ1n) is 8.55. The van der Waals surface area contributed by atoms with E-state index in [0.29, 0.717) is 6.04 Å². The second kappa shape index (κ2) is 7.82. The van der Waals surface area contributed by atoms with E-state index in [1.54, 1.807) is 0 Å². The summed E-state index contributed by atoms with van der Waals surface area (Å²) in [5, 5.41) is 8.40. The van der Waals surface area contributed by atoms with Crippen molar-refractivity contribution in [3.05, 3.63) is 18.0 Å². The van der Waals surface area contributed by atoms with Crippen molar-refractivity contribution in [1.82, 2.24) is 15.1 Å². The Kier molecular flexibility index (Phi) is 6.08. The quantitative estimate of drug-likeness (QED) is 0.701. The zero-order valence-corrected chi connectivity index (χ0v) is 13.4. The first-order chi connectivity index (χ1) is 9.78. The van der Waals surface area contributed by atoms with Gasteiger partial charge >= 0.3 is 0 Å². The second-order valence-corrected chi connectivity index (χ2v) is 6.15. The van der Waals surface area contributed by atoms with Gasteiger partial charge in [-0.3, -0.25) is 4.68 Å². The van der Waals surface area contributed by atoms with Gasteiger partial charge in [0.1, 0.15) is 0 Å². The molecule has 1 aliphatic rings. The highest BCUT2D eigenvalue weighted by Gasteiger charge is 2.29. The van der Waals surface area contributed by atoms with Gasteiger partial charge in [-0.25, -0.2) is 0 Å². The fourth-order valence-corrected chi connectivity index (χ4v) is 3.15. The highest BCUT2D eigenvalue weighted by atomic mass is 15.3. The summed E-state index contributed by atoms with van der Waals surface area (Å²) in [5.41, 5.74) is 1.27. The number of nitrogens with one attached hydrogen (secondary N) is 1. The molecule has 114 valence electrons. The fraction of sp³-hybridized carbons (Fsp3) is 0.824. The highest BCUT2D eigenvalue weighted by molar-refractivity contribution is 5.00. The SMILES string of the molecule is CCNC(CCCc1ccn(C(CC)CC)n1)C1CC1. The molecule has 1 aliphatic carbocycles. The number of hydrogen-bond donors (Lipinski definition) is 1. The Bertz CT molecular complexity index is 377. The zero-order chi connectivity index (χ0) is 14.4. The van der Waals surface area contributed by atoms with Crippen LogP contribution in [0, 0.1) is 5.92 Å². The molecule has 1 aromatic rings. The van der Waals surface area contributed by atoms with Crippen molar-refractivity contribution in [2.24, 2.45) is 5.92 Å². The van der Waals surface area contributed by atoms with Crippen LogP contribution in [0.2, 0.25) is 0 Å². The predicted octanol–water partition coefficient (Wildman–Crippen LogP) is 3.96. The Morgan fingerprint density at radius 1 is 1.30 bits per heavy atom. The first kappa shape index (κ1) is 15.6. The molecule has 1 fully saturated rings. The number of hydrogen-bond acceptors (Lipinski definition) is 2. The lowest BCUT2D eigenvalue weighted by atomic mass is 10.0. The third-order valence-electron chi connectivity index (χ3n) is 4.59. The largest absolute Gasteiger partial charge is 0.314 e. The maximum atomic E-state index is 4.75. The minimum Gasteiger partial charge on any atom is -0.314 e. The molecule has 3 nitrogen and oxygen atoms in total. The van der Waals surface area contributed by atoms with Crippen molar-refractivity contribution in [2.75, 3.05) is 6.54 Å². The van der Waals surface area contributed by atoms with E-state index in [0.717, 1.165) is 24.9 Å². The molecule has 1 N–H and O–H groups in total. The minimum absolute atomic E-state index is 0.574. The van der Waals surface area contributed by atoms with Crippen molar-refractivity contribution in [2.45, 2.75) is 77.8 Å². The summed E-state index contributed by atoms with van der Waals surface area (Å²) in [7, 11) is 0. The molecular weight excluding hydrogens is 246 g/mol. The summed E-state index contributed by atoms with van der Waals surface area (Å²) in [5.74, 6) is 0.956. The summed E-state index contributed by atoms with van der Waals surface area (Å²) >= 11 is 0. The maximum absolute atomic E-state index is 4.75. The standard InChI is InChI=1S/C17H31N3/c1-4-16(5-2)20-13-12-15(19-20)8-7-9-17(18-6-3)14-10-11-14/h12-14,16-18H,4-11H2,1-3H3. The number of rotatable bonds is 10. The molecular formula is C17H31N3. The van der Waals surface area contributed by atoms with Gasteiger partial charge in [0.15, 0.2) is 0 Å². The maximum Gasteiger partial charge on any atom is 0.0624 e. The predicted molar refractivity (Wildman–Crippen MR) is 85.0 cm³/mol. The van der Waals surface area contributed by atoms with Crippen LogP contribution in [0.4, 0.5) is 0 Å². The van der Waals surface area contributed by atoms with E-state index in [2.05, 4.69) is 43.0 Å². The topological polar surface area (TPSA) is 29.9 Å². The van der Waals surface area contributed by atoms with Gasteiger partial charge < -0.3 is 5.32 Å². The van der Waals surface area contributed by atoms with E-state index in [1.807, 2.05) is 0 Å². The van der Waals surface area contributed by atoms with Gasteiger partial charge in [-0.1, -0.05) is 20.8 Å². The van der Waals surface area contributed by atoms with E-state index in [-0.39, 0.29) is 0 Å². The smallest absolute Gasteiger partial charge is 0.0624 e. The molecule has 20 heavy (non-hydrogen) atoms. The van der Waals surface area contributed by atoms with Gasteiger partial charge in [0.25, 0.3) is 0 Å². The van der Waals surface area contributed by atoms with Crippen LogP contribution in [0.15, 0.2) is 12.3 Å². The first-order valence-corrected chi connectivity index (χ1v) is 8.55. The molecule has 1 aromatic heterocycles. The minimum atomic E-state index is 0.574. The van der Waals surface area contributed by atoms with Gasteiger partial charge in [0.2, 0.25) is 0 Å². The van der Waals surface area contributed by atoms with Gasteiger partial charge in [0, 0.05) is 12.2 Å². The van der Waals surface area contributed by atoms with Crippen LogP contribution >= 0.6 is 0 Å². The molecule has 0 saturated heterocycles. The zero-order valence-electron chi connectivity index (χ0n) is 13.4. The van der Waals surface area contributed by atoms with E-state index in [4.69, 9.17) is 5.10 Å². The van der Waals surface area contributed by atoms with Gasteiger partial charge in [-0.15, -0.1) is 0 Å². The van der Waals surface area contributed by atoms with Crippen LogP contribution in [0.3, 0.4) is 0 Å². The van der Waals surface area contributed by atoms with Crippen molar-refractivity contribution in [3.63, 3.8) is 0 Å². The summed E-state index contributed by atoms with van der Waals surface area (Å²) in [4.78, 5) is 0. The lowest BCUT2D eigenvalue weighted by Gasteiger charge is -2.16. The monoisotopic (exact) mass is 277 g/mol. The fourth-order valence-electron chi connectivity index (χ4n) is 3.15. The molecule has 0 spiro atoms. The Balaban J connectivity index is 1.76. The molecule has 2 rings (SSSR count). The Hall–Kier alpha value is -0.830. The molecule has 1 heterocycles. The summed E-state index contributed by atoms with van der Waals surface area (Å²) in [6, 6.07) is 3.53. The van der Waals surface area contributed by atoms with Gasteiger partial charge in [-0.2, -0.15) is 5.10 Å². The third-order valence-corrected chi connectivity index (χ3v) is 4.59. The van der Waals surface area contributed by atoms with Crippen molar-refractivity contribution in [3.8, 4) is 0 Å². The molecule has 1 saturated carbocycles. The van der Waals surface area contributed by atoms with E-state index >= 15 is 0 Å². The Labute approximate surface area is 124 Å². The molecule has 0 amide bonds. The molecule has 1 unspecified atom stereocenters. The highest BCUT2D eigenvalue weighted by Crippen LogP contribution is 2.34. The molecule has 0 radical (unpaired) electrons. The molecule has 0 bridgehead atoms. The van der Waals surface area contributed by atoms with E-state index in [9.17, 15) is 0 Å². The number of aromatic nitrogens is 2. The van der Waals surface area contributed by atoms with Crippen LogP contribution in [-0.2, 0) is 6.42 Å². The lowest BCUT2D eigenvalue weighted by molar-refractivity contribution is 0.419. The Morgan fingerprint density at radius 3 is 2.65 bits per heavy atom.